The minimum Gasteiger partial charge on any atom is -0.489 e. The molecule has 1 aromatic rings. The van der Waals surface area contributed by atoms with Crippen molar-refractivity contribution < 1.29 is 9.47 Å². The van der Waals surface area contributed by atoms with Gasteiger partial charge in [-0.1, -0.05) is 0 Å². The van der Waals surface area contributed by atoms with Crippen LogP contribution in [-0.4, -0.2) is 41.9 Å². The van der Waals surface area contributed by atoms with Gasteiger partial charge in [0.1, 0.15) is 0 Å². The van der Waals surface area contributed by atoms with Crippen LogP contribution < -0.4 is 21.3 Å². The summed E-state index contributed by atoms with van der Waals surface area (Å²) in [5.41, 5.74) is 5.60. The van der Waals surface area contributed by atoms with Crippen molar-refractivity contribution in [1.29, 1.82) is 0 Å². The first-order valence-corrected chi connectivity index (χ1v) is 5.92. The first-order chi connectivity index (χ1) is 8.67. The Kier molecular flexibility index (Phi) is 3.83. The molecule has 0 aliphatic heterocycles. The smallest absolute Gasteiger partial charge is 0.295 e. The highest BCUT2D eigenvalue weighted by Crippen LogP contribution is 2.27. The molecule has 0 aromatic carbocycles. The number of anilines is 1. The van der Waals surface area contributed by atoms with Crippen LogP contribution in [0.2, 0.25) is 0 Å². The number of aromatic nitrogens is 2. The van der Waals surface area contributed by atoms with Crippen LogP contribution in [0.4, 0.5) is 5.82 Å². The van der Waals surface area contributed by atoms with Crippen LogP contribution in [-0.2, 0) is 4.74 Å². The maximum absolute atomic E-state index is 11.5. The fourth-order valence-electron chi connectivity index (χ4n) is 2.06. The van der Waals surface area contributed by atoms with Gasteiger partial charge in [0, 0.05) is 12.6 Å². The van der Waals surface area contributed by atoms with Gasteiger partial charge in [0.15, 0.2) is 5.82 Å². The summed E-state index contributed by atoms with van der Waals surface area (Å²) in [5, 5.41) is 3.12. The molecule has 18 heavy (non-hydrogen) atoms. The lowest BCUT2D eigenvalue weighted by molar-refractivity contribution is -0.0127. The zero-order valence-corrected chi connectivity index (χ0v) is 10.5. The van der Waals surface area contributed by atoms with Gasteiger partial charge in [0.2, 0.25) is 5.75 Å². The Morgan fingerprint density at radius 2 is 2.44 bits per heavy atom. The van der Waals surface area contributed by atoms with E-state index in [1.54, 1.807) is 0 Å². The summed E-state index contributed by atoms with van der Waals surface area (Å²) in [6.45, 7) is 2.57. The standard InChI is InChI=1S/C11H18N4O3/c1-3-18-7-4-6(12)8(7)15-10-9(17-2)11(16)14-5-13-10/h5-8H,3-4,12H2,1-2H3,(H2,13,14,15,16). The molecule has 7 nitrogen and oxygen atoms in total. The maximum atomic E-state index is 11.5. The van der Waals surface area contributed by atoms with Gasteiger partial charge in [0.05, 0.1) is 25.6 Å². The van der Waals surface area contributed by atoms with Crippen LogP contribution >= 0.6 is 0 Å². The lowest BCUT2D eigenvalue weighted by Crippen LogP contribution is -2.60. The SMILES string of the molecule is CCOC1CC(N)C1Nc1nc[nH]c(=O)c1OC. The number of rotatable bonds is 5. The van der Waals surface area contributed by atoms with E-state index in [2.05, 4.69) is 15.3 Å². The highest BCUT2D eigenvalue weighted by atomic mass is 16.5. The second-order valence-electron chi connectivity index (χ2n) is 4.18. The molecule has 1 aliphatic rings. The van der Waals surface area contributed by atoms with Crippen LogP contribution in [0.5, 0.6) is 5.75 Å². The quantitative estimate of drug-likeness (QED) is 0.666. The third-order valence-corrected chi connectivity index (χ3v) is 3.07. The molecule has 0 radical (unpaired) electrons. The zero-order chi connectivity index (χ0) is 13.1. The average molecular weight is 254 g/mol. The molecule has 0 amide bonds. The van der Waals surface area contributed by atoms with E-state index in [9.17, 15) is 4.79 Å². The van der Waals surface area contributed by atoms with Gasteiger partial charge in [-0.3, -0.25) is 4.79 Å². The summed E-state index contributed by atoms with van der Waals surface area (Å²) in [6.07, 6.45) is 2.18. The number of hydrogen-bond acceptors (Lipinski definition) is 6. The predicted octanol–water partition coefficient (Wildman–Crippen LogP) is -0.305. The van der Waals surface area contributed by atoms with E-state index < -0.39 is 0 Å². The number of aromatic amines is 1. The Hall–Kier alpha value is -1.60. The summed E-state index contributed by atoms with van der Waals surface area (Å²) in [5.74, 6) is 0.554. The minimum absolute atomic E-state index is 0.00709. The third kappa shape index (κ3) is 2.32. The molecule has 1 heterocycles. The van der Waals surface area contributed by atoms with Gasteiger partial charge in [-0.2, -0.15) is 0 Å². The second kappa shape index (κ2) is 5.36. The van der Waals surface area contributed by atoms with Crippen molar-refractivity contribution in [3.63, 3.8) is 0 Å². The third-order valence-electron chi connectivity index (χ3n) is 3.07. The fourth-order valence-corrected chi connectivity index (χ4v) is 2.06. The normalized spacial score (nSPS) is 26.5. The minimum atomic E-state index is -0.323. The van der Waals surface area contributed by atoms with E-state index in [4.69, 9.17) is 15.2 Å². The highest BCUT2D eigenvalue weighted by molar-refractivity contribution is 5.49. The number of H-pyrrole nitrogens is 1. The Bertz CT molecular complexity index is 460. The molecule has 1 aliphatic carbocycles. The molecule has 0 bridgehead atoms. The predicted molar refractivity (Wildman–Crippen MR) is 66.8 cm³/mol. The van der Waals surface area contributed by atoms with E-state index >= 15 is 0 Å². The van der Waals surface area contributed by atoms with Crippen molar-refractivity contribution in [2.45, 2.75) is 31.5 Å². The van der Waals surface area contributed by atoms with E-state index in [0.29, 0.717) is 12.4 Å². The van der Waals surface area contributed by atoms with Crippen molar-refractivity contribution >= 4 is 5.82 Å². The van der Waals surface area contributed by atoms with Gasteiger partial charge >= 0.3 is 0 Å². The van der Waals surface area contributed by atoms with Crippen LogP contribution in [0.25, 0.3) is 0 Å². The summed E-state index contributed by atoms with van der Waals surface area (Å²) >= 11 is 0. The van der Waals surface area contributed by atoms with E-state index in [1.807, 2.05) is 6.92 Å². The maximum Gasteiger partial charge on any atom is 0.295 e. The van der Waals surface area contributed by atoms with Crippen LogP contribution in [0.15, 0.2) is 11.1 Å². The topological polar surface area (TPSA) is 102 Å². The molecule has 4 N–H and O–H groups in total. The van der Waals surface area contributed by atoms with Crippen molar-refractivity contribution in [3.05, 3.63) is 16.7 Å². The summed E-state index contributed by atoms with van der Waals surface area (Å²) in [4.78, 5) is 18.0. The number of nitrogens with two attached hydrogens (primary N) is 1. The fraction of sp³-hybridized carbons (Fsp3) is 0.636. The van der Waals surface area contributed by atoms with Gasteiger partial charge in [-0.05, 0) is 13.3 Å². The van der Waals surface area contributed by atoms with Crippen molar-refractivity contribution in [2.24, 2.45) is 5.73 Å². The molecular weight excluding hydrogens is 236 g/mol. The lowest BCUT2D eigenvalue weighted by Gasteiger charge is -2.42. The lowest BCUT2D eigenvalue weighted by atomic mass is 9.83. The number of nitrogens with one attached hydrogen (secondary N) is 2. The number of ether oxygens (including phenoxy) is 2. The molecule has 0 saturated heterocycles. The van der Waals surface area contributed by atoms with Gasteiger partial charge in [-0.25, -0.2) is 4.98 Å². The number of nitrogens with zero attached hydrogens (tertiary/aromatic N) is 1. The Morgan fingerprint density at radius 3 is 3.06 bits per heavy atom. The summed E-state index contributed by atoms with van der Waals surface area (Å²) < 4.78 is 10.6. The molecule has 3 unspecified atom stereocenters. The first kappa shape index (κ1) is 12.8. The van der Waals surface area contributed by atoms with Gasteiger partial charge in [-0.15, -0.1) is 0 Å². The van der Waals surface area contributed by atoms with Crippen LogP contribution in [0, 0.1) is 0 Å². The molecule has 1 saturated carbocycles. The van der Waals surface area contributed by atoms with Crippen molar-refractivity contribution in [2.75, 3.05) is 19.0 Å². The van der Waals surface area contributed by atoms with Crippen LogP contribution in [0.1, 0.15) is 13.3 Å². The van der Waals surface area contributed by atoms with Gasteiger partial charge < -0.3 is 25.5 Å². The monoisotopic (exact) mass is 254 g/mol. The highest BCUT2D eigenvalue weighted by Gasteiger charge is 2.40. The largest absolute Gasteiger partial charge is 0.489 e. The molecule has 0 spiro atoms. The van der Waals surface area contributed by atoms with Crippen molar-refractivity contribution in [3.8, 4) is 5.75 Å². The molecule has 7 heteroatoms. The summed E-state index contributed by atoms with van der Waals surface area (Å²) in [6, 6.07) is -0.0551. The van der Waals surface area contributed by atoms with E-state index in [0.717, 1.165) is 6.42 Å². The molecule has 2 rings (SSSR count). The van der Waals surface area contributed by atoms with E-state index in [-0.39, 0.29) is 29.5 Å². The second-order valence-corrected chi connectivity index (χ2v) is 4.18. The first-order valence-electron chi connectivity index (χ1n) is 5.92. The van der Waals surface area contributed by atoms with E-state index in [1.165, 1.54) is 13.4 Å². The number of methoxy groups -OCH3 is 1. The molecular formula is C11H18N4O3. The van der Waals surface area contributed by atoms with Crippen molar-refractivity contribution in [1.82, 2.24) is 9.97 Å². The molecule has 1 fully saturated rings. The Labute approximate surface area is 105 Å². The average Bonchev–Trinajstić information content (AvgIpc) is 2.36. The number of hydrogen-bond donors (Lipinski definition) is 3. The Morgan fingerprint density at radius 1 is 1.67 bits per heavy atom. The van der Waals surface area contributed by atoms with Gasteiger partial charge in [0.25, 0.3) is 5.56 Å². The zero-order valence-electron chi connectivity index (χ0n) is 10.5. The Balaban J connectivity index is 2.14. The molecule has 1 aromatic heterocycles. The van der Waals surface area contributed by atoms with Crippen LogP contribution in [0.3, 0.4) is 0 Å². The summed E-state index contributed by atoms with van der Waals surface area (Å²) in [7, 11) is 1.43. The molecule has 3 atom stereocenters. The molecule has 100 valence electrons.